The number of thioether (sulfide) groups is 1. The molecule has 128 valence electrons. The fourth-order valence-electron chi connectivity index (χ4n) is 2.34. The van der Waals surface area contributed by atoms with Crippen LogP contribution in [-0.2, 0) is 12.2 Å². The van der Waals surface area contributed by atoms with Gasteiger partial charge in [-0.1, -0.05) is 6.07 Å². The molecule has 1 unspecified atom stereocenters. The number of pyridine rings is 1. The summed E-state index contributed by atoms with van der Waals surface area (Å²) in [4.78, 5) is 16.5. The minimum absolute atomic E-state index is 0.0437. The third-order valence-electron chi connectivity index (χ3n) is 3.64. The Hall–Kier alpha value is -1.92. The van der Waals surface area contributed by atoms with Gasteiger partial charge in [-0.2, -0.15) is 11.8 Å². The van der Waals surface area contributed by atoms with Crippen LogP contribution >= 0.6 is 11.8 Å². The first-order valence-corrected chi connectivity index (χ1v) is 9.09. The van der Waals surface area contributed by atoms with Gasteiger partial charge >= 0.3 is 0 Å². The zero-order valence-electron chi connectivity index (χ0n) is 13.5. The number of aliphatic hydroxyl groups is 1. The van der Waals surface area contributed by atoms with Gasteiger partial charge < -0.3 is 10.4 Å². The van der Waals surface area contributed by atoms with E-state index in [4.69, 9.17) is 0 Å². The largest absolute Gasteiger partial charge is 0.396 e. The summed E-state index contributed by atoms with van der Waals surface area (Å²) < 4.78 is 13.6. The van der Waals surface area contributed by atoms with E-state index in [1.165, 1.54) is 23.9 Å². The highest BCUT2D eigenvalue weighted by Crippen LogP contribution is 2.16. The lowest BCUT2D eigenvalue weighted by Crippen LogP contribution is -2.32. The van der Waals surface area contributed by atoms with E-state index < -0.39 is 0 Å². The molecule has 4 nitrogen and oxygen atoms in total. The summed E-state index contributed by atoms with van der Waals surface area (Å²) in [6.07, 6.45) is 4.17. The summed E-state index contributed by atoms with van der Waals surface area (Å²) in [7, 11) is 0. The van der Waals surface area contributed by atoms with Crippen molar-refractivity contribution in [1.29, 1.82) is 0 Å². The van der Waals surface area contributed by atoms with Crippen molar-refractivity contribution >= 4 is 17.7 Å². The molecule has 2 aromatic rings. The third-order valence-corrected chi connectivity index (χ3v) is 4.24. The van der Waals surface area contributed by atoms with Crippen molar-refractivity contribution in [3.05, 3.63) is 65.2 Å². The normalized spacial score (nSPS) is 12.0. The van der Waals surface area contributed by atoms with Crippen LogP contribution in [0.1, 0.15) is 21.6 Å². The Morgan fingerprint density at radius 3 is 2.88 bits per heavy atom. The summed E-state index contributed by atoms with van der Waals surface area (Å²) in [5.74, 6) is -0.164. The van der Waals surface area contributed by atoms with E-state index in [1.54, 1.807) is 12.3 Å². The molecule has 0 bridgehead atoms. The summed E-state index contributed by atoms with van der Waals surface area (Å²) in [6, 6.07) is 9.98. The monoisotopic (exact) mass is 348 g/mol. The number of hydrogen-bond donors (Lipinski definition) is 2. The van der Waals surface area contributed by atoms with Crippen LogP contribution in [0.5, 0.6) is 0 Å². The van der Waals surface area contributed by atoms with Crippen LogP contribution in [0.2, 0.25) is 0 Å². The highest BCUT2D eigenvalue weighted by molar-refractivity contribution is 7.97. The molecule has 1 amide bonds. The Morgan fingerprint density at radius 1 is 1.38 bits per heavy atom. The number of carbonyl (C=O) groups is 1. The predicted octanol–water partition coefficient (Wildman–Crippen LogP) is 2.66. The van der Waals surface area contributed by atoms with E-state index in [2.05, 4.69) is 10.3 Å². The van der Waals surface area contributed by atoms with Gasteiger partial charge in [0, 0.05) is 42.3 Å². The molecule has 0 radical (unpaired) electrons. The van der Waals surface area contributed by atoms with Crippen molar-refractivity contribution in [3.8, 4) is 0 Å². The van der Waals surface area contributed by atoms with Gasteiger partial charge in [-0.05, 0) is 48.6 Å². The molecular weight excluding hydrogens is 327 g/mol. The van der Waals surface area contributed by atoms with Gasteiger partial charge in [0.1, 0.15) is 5.82 Å². The molecule has 1 heterocycles. The molecule has 0 aliphatic carbocycles. The fourth-order valence-corrected chi connectivity index (χ4v) is 2.87. The number of carbonyl (C=O) groups excluding carboxylic acids is 1. The number of nitrogens with zero attached hydrogens (tertiary/aromatic N) is 1. The maximum absolute atomic E-state index is 13.6. The average Bonchev–Trinajstić information content (AvgIpc) is 2.61. The first-order valence-electron chi connectivity index (χ1n) is 7.70. The van der Waals surface area contributed by atoms with Gasteiger partial charge in [-0.25, -0.2) is 4.39 Å². The second kappa shape index (κ2) is 9.39. The SMILES string of the molecule is CSCc1cc(C(=O)NCC(CO)Cc2ccccn2)ccc1F. The molecule has 2 rings (SSSR count). The number of nitrogens with one attached hydrogen (secondary N) is 1. The summed E-state index contributed by atoms with van der Waals surface area (Å²) in [6.45, 7) is 0.291. The first kappa shape index (κ1) is 18.4. The van der Waals surface area contributed by atoms with Crippen molar-refractivity contribution in [1.82, 2.24) is 10.3 Å². The van der Waals surface area contributed by atoms with Crippen LogP contribution in [0.15, 0.2) is 42.6 Å². The number of halogens is 1. The van der Waals surface area contributed by atoms with Gasteiger partial charge in [0.2, 0.25) is 0 Å². The average molecular weight is 348 g/mol. The highest BCUT2D eigenvalue weighted by atomic mass is 32.2. The zero-order valence-corrected chi connectivity index (χ0v) is 14.4. The number of aromatic nitrogens is 1. The molecule has 6 heteroatoms. The summed E-state index contributed by atoms with van der Waals surface area (Å²) >= 11 is 1.50. The number of rotatable bonds is 8. The van der Waals surface area contributed by atoms with Gasteiger partial charge in [0.05, 0.1) is 0 Å². The Kier molecular flexibility index (Phi) is 7.21. The van der Waals surface area contributed by atoms with Crippen molar-refractivity contribution in [2.24, 2.45) is 5.92 Å². The number of aliphatic hydroxyl groups excluding tert-OH is 1. The molecule has 24 heavy (non-hydrogen) atoms. The maximum atomic E-state index is 13.6. The van der Waals surface area contributed by atoms with Crippen LogP contribution in [0.3, 0.4) is 0 Å². The van der Waals surface area contributed by atoms with Crippen LogP contribution in [0, 0.1) is 11.7 Å². The zero-order chi connectivity index (χ0) is 17.4. The van der Waals surface area contributed by atoms with Gasteiger partial charge in [-0.3, -0.25) is 9.78 Å². The lowest BCUT2D eigenvalue weighted by molar-refractivity contribution is 0.0939. The van der Waals surface area contributed by atoms with Crippen LogP contribution < -0.4 is 5.32 Å². The molecule has 0 aliphatic rings. The van der Waals surface area contributed by atoms with Gasteiger partial charge in [0.25, 0.3) is 5.91 Å². The van der Waals surface area contributed by atoms with Crippen molar-refractivity contribution in [3.63, 3.8) is 0 Å². The van der Waals surface area contributed by atoms with Gasteiger partial charge in [-0.15, -0.1) is 0 Å². The summed E-state index contributed by atoms with van der Waals surface area (Å²) in [5, 5.41) is 12.3. The second-order valence-corrected chi connectivity index (χ2v) is 6.39. The van der Waals surface area contributed by atoms with Crippen molar-refractivity contribution < 1.29 is 14.3 Å². The van der Waals surface area contributed by atoms with E-state index in [0.29, 0.717) is 29.8 Å². The van der Waals surface area contributed by atoms with E-state index in [0.717, 1.165) is 5.69 Å². The van der Waals surface area contributed by atoms with Crippen LogP contribution in [-0.4, -0.2) is 35.4 Å². The fraction of sp³-hybridized carbons (Fsp3) is 0.333. The maximum Gasteiger partial charge on any atom is 0.251 e. The molecule has 0 spiro atoms. The number of amides is 1. The lowest BCUT2D eigenvalue weighted by atomic mass is 10.0. The topological polar surface area (TPSA) is 62.2 Å². The molecule has 1 aromatic heterocycles. The third kappa shape index (κ3) is 5.32. The molecule has 1 aromatic carbocycles. The number of hydrogen-bond acceptors (Lipinski definition) is 4. The Bertz CT molecular complexity index is 667. The Labute approximate surface area is 145 Å². The van der Waals surface area contributed by atoms with Crippen LogP contribution in [0.4, 0.5) is 4.39 Å². The number of benzene rings is 1. The van der Waals surface area contributed by atoms with Gasteiger partial charge in [0.15, 0.2) is 0 Å². The Balaban J connectivity index is 1.95. The molecule has 0 saturated carbocycles. The standard InChI is InChI=1S/C18H21FN2O2S/c1-24-12-15-9-14(5-6-17(15)19)18(23)21-10-13(11-22)8-16-4-2-3-7-20-16/h2-7,9,13,22H,8,10-12H2,1H3,(H,21,23). The van der Waals surface area contributed by atoms with E-state index >= 15 is 0 Å². The minimum Gasteiger partial charge on any atom is -0.396 e. The first-order chi connectivity index (χ1) is 11.6. The molecule has 0 fully saturated rings. The second-order valence-electron chi connectivity index (χ2n) is 5.52. The molecular formula is C18H21FN2O2S. The minimum atomic E-state index is -0.302. The highest BCUT2D eigenvalue weighted by Gasteiger charge is 2.13. The Morgan fingerprint density at radius 2 is 2.21 bits per heavy atom. The molecule has 1 atom stereocenters. The lowest BCUT2D eigenvalue weighted by Gasteiger charge is -2.15. The van der Waals surface area contributed by atoms with E-state index in [-0.39, 0.29) is 24.2 Å². The molecule has 2 N–H and O–H groups in total. The van der Waals surface area contributed by atoms with E-state index in [9.17, 15) is 14.3 Å². The predicted molar refractivity (Wildman–Crippen MR) is 94.5 cm³/mol. The van der Waals surface area contributed by atoms with Crippen molar-refractivity contribution in [2.45, 2.75) is 12.2 Å². The summed E-state index contributed by atoms with van der Waals surface area (Å²) in [5.41, 5.74) is 1.81. The molecule has 0 saturated heterocycles. The van der Waals surface area contributed by atoms with E-state index in [1.807, 2.05) is 24.5 Å². The van der Waals surface area contributed by atoms with Crippen molar-refractivity contribution in [2.75, 3.05) is 19.4 Å². The molecule has 0 aliphatic heterocycles. The smallest absolute Gasteiger partial charge is 0.251 e. The quantitative estimate of drug-likeness (QED) is 0.770. The van der Waals surface area contributed by atoms with Crippen LogP contribution in [0.25, 0.3) is 0 Å².